The summed E-state index contributed by atoms with van der Waals surface area (Å²) < 4.78 is 1.83. The van der Waals surface area contributed by atoms with Crippen LogP contribution >= 0.6 is 0 Å². The summed E-state index contributed by atoms with van der Waals surface area (Å²) in [6.45, 7) is 4.47. The van der Waals surface area contributed by atoms with Crippen LogP contribution in [-0.2, 0) is 13.6 Å². The maximum absolute atomic E-state index is 12.9. The highest BCUT2D eigenvalue weighted by molar-refractivity contribution is 5.95. The summed E-state index contributed by atoms with van der Waals surface area (Å²) >= 11 is 0. The number of aromatic nitrogens is 4. The minimum Gasteiger partial charge on any atom is -0.384 e. The summed E-state index contributed by atoms with van der Waals surface area (Å²) in [5, 5.41) is 4.41. The molecule has 0 fully saturated rings. The second-order valence-electron chi connectivity index (χ2n) is 6.32. The quantitative estimate of drug-likeness (QED) is 0.780. The molecule has 0 saturated carbocycles. The van der Waals surface area contributed by atoms with Gasteiger partial charge in [-0.2, -0.15) is 5.10 Å². The third-order valence-electron chi connectivity index (χ3n) is 4.45. The van der Waals surface area contributed by atoms with Gasteiger partial charge in [-0.25, -0.2) is 9.97 Å². The molecule has 0 spiro atoms. The molecule has 0 unspecified atom stereocenters. The van der Waals surface area contributed by atoms with Gasteiger partial charge in [0, 0.05) is 49.2 Å². The molecule has 1 amide bonds. The Labute approximate surface area is 152 Å². The Morgan fingerprint density at radius 3 is 2.69 bits per heavy atom. The molecule has 26 heavy (non-hydrogen) atoms. The molecule has 7 nitrogen and oxygen atoms in total. The molecule has 0 aliphatic heterocycles. The fourth-order valence-corrected chi connectivity index (χ4v) is 2.88. The van der Waals surface area contributed by atoms with Crippen LogP contribution in [0.3, 0.4) is 0 Å². The lowest BCUT2D eigenvalue weighted by atomic mass is 10.1. The van der Waals surface area contributed by atoms with Crippen LogP contribution in [0.5, 0.6) is 0 Å². The molecule has 0 radical (unpaired) electrons. The molecule has 2 aromatic heterocycles. The maximum Gasteiger partial charge on any atom is 0.253 e. The lowest BCUT2D eigenvalue weighted by Gasteiger charge is -2.18. The number of rotatable bonds is 4. The SMILES string of the molecule is Cc1nn(C)c(C)c1CN(C)C(=O)c1cccc(-c2nccc(N)n2)c1. The van der Waals surface area contributed by atoms with Crippen molar-refractivity contribution in [3.8, 4) is 11.4 Å². The first-order valence-corrected chi connectivity index (χ1v) is 8.30. The second-order valence-corrected chi connectivity index (χ2v) is 6.32. The number of nitrogen functional groups attached to an aromatic ring is 1. The highest BCUT2D eigenvalue weighted by Crippen LogP contribution is 2.19. The van der Waals surface area contributed by atoms with Crippen molar-refractivity contribution in [1.29, 1.82) is 0 Å². The molecule has 2 heterocycles. The minimum atomic E-state index is -0.0709. The van der Waals surface area contributed by atoms with Crippen LogP contribution in [0.15, 0.2) is 36.5 Å². The summed E-state index contributed by atoms with van der Waals surface area (Å²) in [5.41, 5.74) is 10.1. The molecule has 0 bridgehead atoms. The van der Waals surface area contributed by atoms with Crippen molar-refractivity contribution in [2.45, 2.75) is 20.4 Å². The van der Waals surface area contributed by atoms with Crippen LogP contribution in [0, 0.1) is 13.8 Å². The number of carbonyl (C=O) groups is 1. The topological polar surface area (TPSA) is 89.9 Å². The Kier molecular flexibility index (Phi) is 4.71. The van der Waals surface area contributed by atoms with Crippen LogP contribution in [0.4, 0.5) is 5.82 Å². The zero-order chi connectivity index (χ0) is 18.8. The maximum atomic E-state index is 12.9. The number of benzene rings is 1. The van der Waals surface area contributed by atoms with E-state index in [1.807, 2.05) is 37.7 Å². The van der Waals surface area contributed by atoms with E-state index < -0.39 is 0 Å². The number of amides is 1. The zero-order valence-corrected chi connectivity index (χ0v) is 15.4. The van der Waals surface area contributed by atoms with Gasteiger partial charge in [0.2, 0.25) is 0 Å². The first-order chi connectivity index (χ1) is 12.4. The zero-order valence-electron chi connectivity index (χ0n) is 15.4. The molecular formula is C19H22N6O. The Bertz CT molecular complexity index is 962. The van der Waals surface area contributed by atoms with Gasteiger partial charge >= 0.3 is 0 Å². The van der Waals surface area contributed by atoms with E-state index in [4.69, 9.17) is 5.73 Å². The molecule has 3 aromatic rings. The monoisotopic (exact) mass is 350 g/mol. The van der Waals surface area contributed by atoms with Crippen molar-refractivity contribution in [2.75, 3.05) is 12.8 Å². The molecule has 0 aliphatic carbocycles. The number of nitrogens with two attached hydrogens (primary N) is 1. The number of aryl methyl sites for hydroxylation is 2. The van der Waals surface area contributed by atoms with Crippen LogP contribution in [0.25, 0.3) is 11.4 Å². The minimum absolute atomic E-state index is 0.0709. The van der Waals surface area contributed by atoms with Crippen LogP contribution in [-0.4, -0.2) is 37.6 Å². The lowest BCUT2D eigenvalue weighted by Crippen LogP contribution is -2.26. The van der Waals surface area contributed by atoms with Crippen molar-refractivity contribution in [2.24, 2.45) is 7.05 Å². The molecule has 7 heteroatoms. The van der Waals surface area contributed by atoms with Crippen molar-refractivity contribution in [3.63, 3.8) is 0 Å². The number of carbonyl (C=O) groups excluding carboxylic acids is 1. The van der Waals surface area contributed by atoms with Gasteiger partial charge in [-0.3, -0.25) is 9.48 Å². The van der Waals surface area contributed by atoms with Crippen molar-refractivity contribution in [1.82, 2.24) is 24.6 Å². The van der Waals surface area contributed by atoms with Gasteiger partial charge in [-0.15, -0.1) is 0 Å². The van der Waals surface area contributed by atoms with Gasteiger partial charge in [0.15, 0.2) is 5.82 Å². The highest BCUT2D eigenvalue weighted by atomic mass is 16.2. The molecule has 0 saturated heterocycles. The van der Waals surface area contributed by atoms with Gasteiger partial charge in [0.05, 0.1) is 5.69 Å². The highest BCUT2D eigenvalue weighted by Gasteiger charge is 2.17. The molecule has 0 aliphatic rings. The van der Waals surface area contributed by atoms with Gasteiger partial charge in [-0.1, -0.05) is 12.1 Å². The summed E-state index contributed by atoms with van der Waals surface area (Å²) in [6.07, 6.45) is 1.60. The van der Waals surface area contributed by atoms with Gasteiger partial charge in [-0.05, 0) is 32.0 Å². The summed E-state index contributed by atoms with van der Waals surface area (Å²) in [4.78, 5) is 23.0. The smallest absolute Gasteiger partial charge is 0.253 e. The van der Waals surface area contributed by atoms with Gasteiger partial charge in [0.25, 0.3) is 5.91 Å². The predicted molar refractivity (Wildman–Crippen MR) is 100 cm³/mol. The van der Waals surface area contributed by atoms with Gasteiger partial charge < -0.3 is 10.6 Å². The van der Waals surface area contributed by atoms with Gasteiger partial charge in [0.1, 0.15) is 5.82 Å². The predicted octanol–water partition coefficient (Wildman–Crippen LogP) is 2.35. The number of anilines is 1. The van der Waals surface area contributed by atoms with Crippen LogP contribution < -0.4 is 5.73 Å². The normalized spacial score (nSPS) is 10.8. The third kappa shape index (κ3) is 3.42. The van der Waals surface area contributed by atoms with Crippen molar-refractivity contribution in [3.05, 3.63) is 59.0 Å². The molecular weight excluding hydrogens is 328 g/mol. The van der Waals surface area contributed by atoms with E-state index in [1.165, 1.54) is 0 Å². The Morgan fingerprint density at radius 1 is 1.27 bits per heavy atom. The molecule has 0 atom stereocenters. The van der Waals surface area contributed by atoms with E-state index in [0.29, 0.717) is 23.8 Å². The summed E-state index contributed by atoms with van der Waals surface area (Å²) in [5.74, 6) is 0.825. The number of hydrogen-bond acceptors (Lipinski definition) is 5. The van der Waals surface area contributed by atoms with E-state index in [2.05, 4.69) is 15.1 Å². The Hall–Kier alpha value is -3.22. The summed E-state index contributed by atoms with van der Waals surface area (Å²) in [7, 11) is 3.70. The largest absolute Gasteiger partial charge is 0.384 e. The van der Waals surface area contributed by atoms with E-state index >= 15 is 0 Å². The Morgan fingerprint density at radius 2 is 2.04 bits per heavy atom. The number of hydrogen-bond donors (Lipinski definition) is 1. The second kappa shape index (κ2) is 6.95. The van der Waals surface area contributed by atoms with E-state index in [1.54, 1.807) is 36.3 Å². The third-order valence-corrected chi connectivity index (χ3v) is 4.45. The average molecular weight is 350 g/mol. The molecule has 3 rings (SSSR count). The summed E-state index contributed by atoms with van der Waals surface area (Å²) in [6, 6.07) is 8.89. The number of nitrogens with zero attached hydrogens (tertiary/aromatic N) is 5. The Balaban J connectivity index is 1.84. The van der Waals surface area contributed by atoms with E-state index in [0.717, 1.165) is 22.5 Å². The first kappa shape index (κ1) is 17.6. The molecule has 134 valence electrons. The van der Waals surface area contributed by atoms with E-state index in [-0.39, 0.29) is 5.91 Å². The molecule has 2 N–H and O–H groups in total. The van der Waals surface area contributed by atoms with E-state index in [9.17, 15) is 4.79 Å². The lowest BCUT2D eigenvalue weighted by molar-refractivity contribution is 0.0785. The van der Waals surface area contributed by atoms with Crippen LogP contribution in [0.2, 0.25) is 0 Å². The first-order valence-electron chi connectivity index (χ1n) is 8.30. The standard InChI is InChI=1S/C19H22N6O/c1-12-16(13(2)25(4)23-12)11-24(3)19(26)15-7-5-6-14(10-15)18-21-9-8-17(20)22-18/h5-10H,11H2,1-4H3,(H2,20,21,22). The average Bonchev–Trinajstić information content (AvgIpc) is 2.87. The fraction of sp³-hybridized carbons (Fsp3) is 0.263. The van der Waals surface area contributed by atoms with Crippen LogP contribution in [0.1, 0.15) is 27.3 Å². The molecule has 1 aromatic carbocycles. The van der Waals surface area contributed by atoms with Crippen molar-refractivity contribution >= 4 is 11.7 Å². The fourth-order valence-electron chi connectivity index (χ4n) is 2.88. The van der Waals surface area contributed by atoms with Crippen molar-refractivity contribution < 1.29 is 4.79 Å².